The molecule has 0 bridgehead atoms. The van der Waals surface area contributed by atoms with Crippen molar-refractivity contribution in [2.24, 2.45) is 5.41 Å². The highest BCUT2D eigenvalue weighted by Crippen LogP contribution is 2.45. The largest absolute Gasteiger partial charge is 0.298 e. The van der Waals surface area contributed by atoms with Gasteiger partial charge < -0.3 is 0 Å². The van der Waals surface area contributed by atoms with Crippen LogP contribution >= 0.6 is 0 Å². The van der Waals surface area contributed by atoms with E-state index in [4.69, 9.17) is 0 Å². The Morgan fingerprint density at radius 3 is 2.30 bits per heavy atom. The highest BCUT2D eigenvalue weighted by Gasteiger charge is 2.36. The Hall–Kier alpha value is -1.15. The van der Waals surface area contributed by atoms with E-state index in [2.05, 4.69) is 4.90 Å². The van der Waals surface area contributed by atoms with E-state index < -0.39 is 0 Å². The van der Waals surface area contributed by atoms with E-state index in [0.717, 1.165) is 18.7 Å². The summed E-state index contributed by atoms with van der Waals surface area (Å²) in [5, 5.41) is 0. The van der Waals surface area contributed by atoms with Gasteiger partial charge in [0.15, 0.2) is 5.78 Å². The van der Waals surface area contributed by atoms with E-state index in [9.17, 15) is 4.79 Å². The minimum absolute atomic E-state index is 0.360. The molecule has 1 spiro atoms. The van der Waals surface area contributed by atoms with E-state index in [-0.39, 0.29) is 0 Å². The van der Waals surface area contributed by atoms with Gasteiger partial charge in [-0.15, -0.1) is 0 Å². The minimum atomic E-state index is 0.360. The van der Waals surface area contributed by atoms with Crippen molar-refractivity contribution in [2.45, 2.75) is 44.9 Å². The van der Waals surface area contributed by atoms with Gasteiger partial charge in [0.1, 0.15) is 0 Å². The van der Waals surface area contributed by atoms with Crippen LogP contribution in [-0.4, -0.2) is 30.3 Å². The van der Waals surface area contributed by atoms with E-state index in [0.29, 0.717) is 24.2 Å². The molecule has 2 nitrogen and oxygen atoms in total. The molecular formula is C18H25NO. The molecular weight excluding hydrogens is 246 g/mol. The van der Waals surface area contributed by atoms with Gasteiger partial charge in [0, 0.05) is 6.42 Å². The van der Waals surface area contributed by atoms with Crippen molar-refractivity contribution in [3.05, 3.63) is 35.9 Å². The number of carbonyl (C=O) groups excluding carboxylic acids is 1. The molecule has 2 aliphatic rings. The van der Waals surface area contributed by atoms with Crippen LogP contribution in [0.15, 0.2) is 30.3 Å². The third kappa shape index (κ3) is 3.29. The summed E-state index contributed by atoms with van der Waals surface area (Å²) in [6.45, 7) is 2.89. The number of benzene rings is 1. The predicted octanol–water partition coefficient (Wildman–Crippen LogP) is 3.45. The van der Waals surface area contributed by atoms with Crippen molar-refractivity contribution in [2.75, 3.05) is 19.6 Å². The topological polar surface area (TPSA) is 20.3 Å². The number of nitrogens with zero attached hydrogens (tertiary/aromatic N) is 1. The molecule has 1 aliphatic heterocycles. The zero-order valence-electron chi connectivity index (χ0n) is 12.3. The van der Waals surface area contributed by atoms with Gasteiger partial charge in [0.25, 0.3) is 0 Å². The van der Waals surface area contributed by atoms with Crippen molar-refractivity contribution in [3.63, 3.8) is 0 Å². The molecule has 0 unspecified atom stereocenters. The molecule has 1 aromatic carbocycles. The highest BCUT2D eigenvalue weighted by molar-refractivity contribution is 5.82. The van der Waals surface area contributed by atoms with Gasteiger partial charge in [-0.05, 0) is 49.8 Å². The molecule has 1 aromatic rings. The Kier molecular flexibility index (Phi) is 4.21. The first kappa shape index (κ1) is 13.8. The first-order valence-electron chi connectivity index (χ1n) is 8.04. The summed E-state index contributed by atoms with van der Waals surface area (Å²) in [4.78, 5) is 14.5. The molecule has 20 heavy (non-hydrogen) atoms. The maximum Gasteiger partial charge on any atom is 0.151 e. The van der Waals surface area contributed by atoms with E-state index in [1.54, 1.807) is 0 Å². The van der Waals surface area contributed by atoms with Gasteiger partial charge in [-0.25, -0.2) is 0 Å². The lowest BCUT2D eigenvalue weighted by atomic mass is 9.77. The van der Waals surface area contributed by atoms with Crippen molar-refractivity contribution in [1.82, 2.24) is 4.90 Å². The molecule has 0 aromatic heterocycles. The number of rotatable bonds is 4. The van der Waals surface area contributed by atoms with E-state index in [1.165, 1.54) is 38.5 Å². The van der Waals surface area contributed by atoms with Crippen molar-refractivity contribution in [3.8, 4) is 0 Å². The number of piperidine rings is 1. The normalized spacial score (nSPS) is 22.2. The van der Waals surface area contributed by atoms with Gasteiger partial charge >= 0.3 is 0 Å². The van der Waals surface area contributed by atoms with Crippen LogP contribution in [0.3, 0.4) is 0 Å². The Balaban J connectivity index is 1.46. The molecule has 1 saturated heterocycles. The molecule has 0 amide bonds. The molecule has 1 aliphatic carbocycles. The third-order valence-corrected chi connectivity index (χ3v) is 5.23. The smallest absolute Gasteiger partial charge is 0.151 e. The second kappa shape index (κ2) is 6.09. The van der Waals surface area contributed by atoms with Crippen molar-refractivity contribution < 1.29 is 4.79 Å². The summed E-state index contributed by atoms with van der Waals surface area (Å²) in [7, 11) is 0. The van der Waals surface area contributed by atoms with Crippen LogP contribution in [0.1, 0.15) is 44.1 Å². The molecule has 1 heterocycles. The van der Waals surface area contributed by atoms with E-state index in [1.807, 2.05) is 30.3 Å². The minimum Gasteiger partial charge on any atom is -0.298 e. The van der Waals surface area contributed by atoms with Crippen molar-refractivity contribution >= 4 is 5.78 Å². The fourth-order valence-electron chi connectivity index (χ4n) is 3.94. The van der Waals surface area contributed by atoms with Gasteiger partial charge in [-0.3, -0.25) is 9.69 Å². The van der Waals surface area contributed by atoms with Crippen LogP contribution in [0, 0.1) is 5.41 Å². The zero-order valence-corrected chi connectivity index (χ0v) is 12.3. The van der Waals surface area contributed by atoms with Gasteiger partial charge in [-0.1, -0.05) is 43.2 Å². The highest BCUT2D eigenvalue weighted by atomic mass is 16.1. The molecule has 0 atom stereocenters. The second-order valence-corrected chi connectivity index (χ2v) is 6.68. The number of carbonyl (C=O) groups is 1. The van der Waals surface area contributed by atoms with Crippen LogP contribution in [0.5, 0.6) is 0 Å². The van der Waals surface area contributed by atoms with Crippen LogP contribution < -0.4 is 0 Å². The molecule has 2 heteroatoms. The lowest BCUT2D eigenvalue weighted by molar-refractivity contribution is -0.120. The average molecular weight is 271 g/mol. The number of ketones is 1. The Labute approximate surface area is 122 Å². The molecule has 2 fully saturated rings. The Morgan fingerprint density at radius 2 is 1.65 bits per heavy atom. The first-order chi connectivity index (χ1) is 9.76. The molecule has 1 saturated carbocycles. The Morgan fingerprint density at radius 1 is 1.00 bits per heavy atom. The lowest BCUT2D eigenvalue weighted by Gasteiger charge is -2.39. The summed E-state index contributed by atoms with van der Waals surface area (Å²) >= 11 is 0. The zero-order chi connectivity index (χ0) is 13.8. The summed E-state index contributed by atoms with van der Waals surface area (Å²) in [6, 6.07) is 10.1. The lowest BCUT2D eigenvalue weighted by Crippen LogP contribution is -2.41. The molecule has 108 valence electrons. The molecule has 0 radical (unpaired) electrons. The van der Waals surface area contributed by atoms with Crippen molar-refractivity contribution in [1.29, 1.82) is 0 Å². The van der Waals surface area contributed by atoms with Crippen LogP contribution in [0.4, 0.5) is 0 Å². The number of likely N-dealkylation sites (tertiary alicyclic amines) is 1. The van der Waals surface area contributed by atoms with Crippen LogP contribution in [-0.2, 0) is 11.2 Å². The standard InChI is InChI=1S/C18H25NO/c20-17(14-16-6-2-1-3-7-16)15-19-12-10-18(11-13-19)8-4-5-9-18/h1-3,6-7H,4-5,8-15H2. The summed E-state index contributed by atoms with van der Waals surface area (Å²) in [5.41, 5.74) is 1.79. The summed E-state index contributed by atoms with van der Waals surface area (Å²) in [5.74, 6) is 0.360. The van der Waals surface area contributed by atoms with Gasteiger partial charge in [-0.2, -0.15) is 0 Å². The fraction of sp³-hybridized carbons (Fsp3) is 0.611. The summed E-state index contributed by atoms with van der Waals surface area (Å²) in [6.07, 6.45) is 8.91. The van der Waals surface area contributed by atoms with E-state index >= 15 is 0 Å². The average Bonchev–Trinajstić information content (AvgIpc) is 2.91. The monoisotopic (exact) mass is 271 g/mol. The number of hydrogen-bond acceptors (Lipinski definition) is 2. The molecule has 0 N–H and O–H groups in total. The maximum atomic E-state index is 12.2. The fourth-order valence-corrected chi connectivity index (χ4v) is 3.94. The number of hydrogen-bond donors (Lipinski definition) is 0. The quantitative estimate of drug-likeness (QED) is 0.836. The second-order valence-electron chi connectivity index (χ2n) is 6.68. The van der Waals surface area contributed by atoms with Gasteiger partial charge in [0.05, 0.1) is 6.54 Å². The first-order valence-corrected chi connectivity index (χ1v) is 8.04. The number of Topliss-reactive ketones (excluding diaryl/α,β-unsaturated/α-hetero) is 1. The predicted molar refractivity (Wildman–Crippen MR) is 81.7 cm³/mol. The summed E-state index contributed by atoms with van der Waals surface area (Å²) < 4.78 is 0. The SMILES string of the molecule is O=C(Cc1ccccc1)CN1CCC2(CCCC2)CC1. The van der Waals surface area contributed by atoms with Crippen LogP contribution in [0.2, 0.25) is 0 Å². The van der Waals surface area contributed by atoms with Crippen LogP contribution in [0.25, 0.3) is 0 Å². The Bertz CT molecular complexity index is 438. The third-order valence-electron chi connectivity index (χ3n) is 5.23. The molecule has 3 rings (SSSR count). The maximum absolute atomic E-state index is 12.2. The van der Waals surface area contributed by atoms with Gasteiger partial charge in [0.2, 0.25) is 0 Å².